The van der Waals surface area contributed by atoms with Crippen molar-refractivity contribution in [2.75, 3.05) is 33.0 Å². The fourth-order valence-corrected chi connectivity index (χ4v) is 1.91. The third-order valence-electron chi connectivity index (χ3n) is 2.83. The maximum atomic E-state index is 5.80. The molecule has 1 heterocycles. The van der Waals surface area contributed by atoms with Crippen LogP contribution in [0, 0.1) is 0 Å². The molecule has 0 aliphatic rings. The van der Waals surface area contributed by atoms with Crippen molar-refractivity contribution in [2.45, 2.75) is 6.42 Å². The molecule has 0 aliphatic heterocycles. The third-order valence-corrected chi connectivity index (χ3v) is 2.83. The molecule has 0 saturated heterocycles. The van der Waals surface area contributed by atoms with Crippen molar-refractivity contribution in [1.82, 2.24) is 14.7 Å². The number of nitrogens with two attached hydrogens (primary N) is 1. The smallest absolute Gasteiger partial charge is 0.240 e. The molecule has 0 atom stereocenters. The molecule has 0 aliphatic carbocycles. The van der Waals surface area contributed by atoms with Gasteiger partial charge in [-0.15, -0.1) is 5.10 Å². The Labute approximate surface area is 107 Å². The quantitative estimate of drug-likeness (QED) is 0.643. The zero-order chi connectivity index (χ0) is 13.1. The standard InChI is InChI=1S/C13H20N4O/c1-16(2)7-4-8-18-13-11-9-10(14)5-6-12(11)17(3)15-13/h5-6,9H,4,7-8,14H2,1-3H3. The van der Waals surface area contributed by atoms with Crippen molar-refractivity contribution in [2.24, 2.45) is 7.05 Å². The molecule has 2 aromatic rings. The maximum absolute atomic E-state index is 5.80. The largest absolute Gasteiger partial charge is 0.476 e. The number of hydrogen-bond donors (Lipinski definition) is 1. The van der Waals surface area contributed by atoms with Crippen molar-refractivity contribution < 1.29 is 4.74 Å². The number of nitrogen functional groups attached to an aromatic ring is 1. The van der Waals surface area contributed by atoms with E-state index in [4.69, 9.17) is 10.5 Å². The summed E-state index contributed by atoms with van der Waals surface area (Å²) in [5.41, 5.74) is 7.56. The highest BCUT2D eigenvalue weighted by Crippen LogP contribution is 2.26. The van der Waals surface area contributed by atoms with Crippen LogP contribution >= 0.6 is 0 Å². The van der Waals surface area contributed by atoms with Crippen LogP contribution in [0.25, 0.3) is 10.9 Å². The number of ether oxygens (including phenoxy) is 1. The van der Waals surface area contributed by atoms with E-state index in [9.17, 15) is 0 Å². The lowest BCUT2D eigenvalue weighted by atomic mass is 10.2. The second kappa shape index (κ2) is 5.27. The molecular weight excluding hydrogens is 228 g/mol. The van der Waals surface area contributed by atoms with Gasteiger partial charge >= 0.3 is 0 Å². The highest BCUT2D eigenvalue weighted by molar-refractivity contribution is 5.87. The van der Waals surface area contributed by atoms with Crippen molar-refractivity contribution in [3.8, 4) is 5.88 Å². The molecule has 0 bridgehead atoms. The molecule has 98 valence electrons. The van der Waals surface area contributed by atoms with E-state index in [2.05, 4.69) is 24.1 Å². The van der Waals surface area contributed by atoms with Crippen LogP contribution in [0.15, 0.2) is 18.2 Å². The summed E-state index contributed by atoms with van der Waals surface area (Å²) in [4.78, 5) is 2.14. The summed E-state index contributed by atoms with van der Waals surface area (Å²) < 4.78 is 7.55. The monoisotopic (exact) mass is 248 g/mol. The number of anilines is 1. The summed E-state index contributed by atoms with van der Waals surface area (Å²) in [5.74, 6) is 0.665. The van der Waals surface area contributed by atoms with Gasteiger partial charge in [0.1, 0.15) is 0 Å². The first-order chi connectivity index (χ1) is 8.58. The Hall–Kier alpha value is -1.75. The van der Waals surface area contributed by atoms with Crippen LogP contribution in [0.2, 0.25) is 0 Å². The first kappa shape index (κ1) is 12.7. The van der Waals surface area contributed by atoms with E-state index in [0.717, 1.165) is 29.6 Å². The average molecular weight is 248 g/mol. The zero-order valence-corrected chi connectivity index (χ0v) is 11.2. The third kappa shape index (κ3) is 2.73. The van der Waals surface area contributed by atoms with E-state index in [1.54, 1.807) is 0 Å². The lowest BCUT2D eigenvalue weighted by molar-refractivity contribution is 0.273. The van der Waals surface area contributed by atoms with Gasteiger partial charge in [-0.1, -0.05) is 0 Å². The van der Waals surface area contributed by atoms with Crippen LogP contribution in [-0.4, -0.2) is 41.9 Å². The minimum atomic E-state index is 0.665. The Kier molecular flexibility index (Phi) is 3.72. The van der Waals surface area contributed by atoms with E-state index >= 15 is 0 Å². The fourth-order valence-electron chi connectivity index (χ4n) is 1.91. The molecule has 0 radical (unpaired) electrons. The van der Waals surface area contributed by atoms with Gasteiger partial charge in [-0.05, 0) is 38.7 Å². The van der Waals surface area contributed by atoms with Crippen molar-refractivity contribution >= 4 is 16.6 Å². The molecule has 0 fully saturated rings. The normalized spacial score (nSPS) is 11.3. The van der Waals surface area contributed by atoms with Crippen LogP contribution in [0.4, 0.5) is 5.69 Å². The summed E-state index contributed by atoms with van der Waals surface area (Å²) in [5, 5.41) is 5.35. The molecule has 5 nitrogen and oxygen atoms in total. The number of nitrogens with zero attached hydrogens (tertiary/aromatic N) is 3. The predicted molar refractivity (Wildman–Crippen MR) is 73.8 cm³/mol. The summed E-state index contributed by atoms with van der Waals surface area (Å²) in [6, 6.07) is 5.74. The molecule has 0 unspecified atom stereocenters. The zero-order valence-electron chi connectivity index (χ0n) is 11.2. The lowest BCUT2D eigenvalue weighted by Crippen LogP contribution is -2.15. The van der Waals surface area contributed by atoms with Gasteiger partial charge in [-0.25, -0.2) is 0 Å². The van der Waals surface area contributed by atoms with Crippen LogP contribution < -0.4 is 10.5 Å². The minimum Gasteiger partial charge on any atom is -0.476 e. The summed E-state index contributed by atoms with van der Waals surface area (Å²) in [6.07, 6.45) is 0.980. The van der Waals surface area contributed by atoms with Gasteiger partial charge < -0.3 is 15.4 Å². The van der Waals surface area contributed by atoms with Crippen molar-refractivity contribution in [3.63, 3.8) is 0 Å². The number of aryl methyl sites for hydroxylation is 1. The Morgan fingerprint density at radius 3 is 2.89 bits per heavy atom. The van der Waals surface area contributed by atoms with Gasteiger partial charge in [0.2, 0.25) is 5.88 Å². The Bertz CT molecular complexity index is 533. The summed E-state index contributed by atoms with van der Waals surface area (Å²) >= 11 is 0. The van der Waals surface area contributed by atoms with E-state index in [0.29, 0.717) is 12.5 Å². The number of fused-ring (bicyclic) bond motifs is 1. The molecule has 5 heteroatoms. The molecule has 0 saturated carbocycles. The SMILES string of the molecule is CN(C)CCCOc1nn(C)c2ccc(N)cc12. The molecular formula is C13H20N4O. The Morgan fingerprint density at radius 2 is 2.17 bits per heavy atom. The molecule has 1 aromatic heterocycles. The highest BCUT2D eigenvalue weighted by atomic mass is 16.5. The number of hydrogen-bond acceptors (Lipinski definition) is 4. The minimum absolute atomic E-state index is 0.665. The number of rotatable bonds is 5. The second-order valence-electron chi connectivity index (χ2n) is 4.71. The average Bonchev–Trinajstić information content (AvgIpc) is 2.61. The fraction of sp³-hybridized carbons (Fsp3) is 0.462. The summed E-state index contributed by atoms with van der Waals surface area (Å²) in [7, 11) is 6.01. The van der Waals surface area contributed by atoms with Crippen LogP contribution in [0.3, 0.4) is 0 Å². The van der Waals surface area contributed by atoms with Crippen LogP contribution in [-0.2, 0) is 7.05 Å². The molecule has 0 spiro atoms. The van der Waals surface area contributed by atoms with Gasteiger partial charge in [0.15, 0.2) is 0 Å². The Balaban J connectivity index is 2.10. The van der Waals surface area contributed by atoms with Crippen LogP contribution in [0.1, 0.15) is 6.42 Å². The van der Waals surface area contributed by atoms with Gasteiger partial charge in [0.05, 0.1) is 17.5 Å². The molecule has 1 aromatic carbocycles. The molecule has 2 N–H and O–H groups in total. The van der Waals surface area contributed by atoms with E-state index in [-0.39, 0.29) is 0 Å². The number of benzene rings is 1. The van der Waals surface area contributed by atoms with Gasteiger partial charge in [0.25, 0.3) is 0 Å². The van der Waals surface area contributed by atoms with E-state index in [1.807, 2.05) is 29.9 Å². The topological polar surface area (TPSA) is 56.3 Å². The Morgan fingerprint density at radius 1 is 1.39 bits per heavy atom. The summed E-state index contributed by atoms with van der Waals surface area (Å²) in [6.45, 7) is 1.67. The lowest BCUT2D eigenvalue weighted by Gasteiger charge is -2.09. The molecule has 18 heavy (non-hydrogen) atoms. The molecule has 0 amide bonds. The van der Waals surface area contributed by atoms with Gasteiger partial charge in [-0.2, -0.15) is 0 Å². The highest BCUT2D eigenvalue weighted by Gasteiger charge is 2.09. The predicted octanol–water partition coefficient (Wildman–Crippen LogP) is 1.49. The first-order valence-corrected chi connectivity index (χ1v) is 6.07. The molecule has 2 rings (SSSR count). The number of aromatic nitrogens is 2. The van der Waals surface area contributed by atoms with Crippen molar-refractivity contribution in [3.05, 3.63) is 18.2 Å². The van der Waals surface area contributed by atoms with Crippen molar-refractivity contribution in [1.29, 1.82) is 0 Å². The van der Waals surface area contributed by atoms with E-state index in [1.165, 1.54) is 0 Å². The maximum Gasteiger partial charge on any atom is 0.240 e. The van der Waals surface area contributed by atoms with Crippen LogP contribution in [0.5, 0.6) is 5.88 Å². The van der Waals surface area contributed by atoms with Gasteiger partial charge in [-0.3, -0.25) is 4.68 Å². The second-order valence-corrected chi connectivity index (χ2v) is 4.71. The first-order valence-electron chi connectivity index (χ1n) is 6.07. The van der Waals surface area contributed by atoms with E-state index < -0.39 is 0 Å². The van der Waals surface area contributed by atoms with Gasteiger partial charge in [0, 0.05) is 19.3 Å².